The molecule has 0 unspecified atom stereocenters. The van der Waals surface area contributed by atoms with Gasteiger partial charge in [0.2, 0.25) is 0 Å². The molecule has 0 radical (unpaired) electrons. The lowest BCUT2D eigenvalue weighted by Crippen LogP contribution is -2.03. The third-order valence-corrected chi connectivity index (χ3v) is 2.55. The molecule has 2 aromatic rings. The minimum atomic E-state index is 0.345. The van der Waals surface area contributed by atoms with E-state index >= 15 is 0 Å². The third-order valence-electron chi connectivity index (χ3n) is 2.55. The third kappa shape index (κ3) is 2.81. The van der Waals surface area contributed by atoms with Gasteiger partial charge in [0.15, 0.2) is 0 Å². The minimum Gasteiger partial charge on any atom is -0.497 e. The smallest absolute Gasteiger partial charge is 0.134 e. The Balaban J connectivity index is 2.11. The molecule has 0 aliphatic rings. The summed E-state index contributed by atoms with van der Waals surface area (Å²) in [7, 11) is 1.61. The van der Waals surface area contributed by atoms with E-state index in [4.69, 9.17) is 19.7 Å². The van der Waals surface area contributed by atoms with Gasteiger partial charge in [-0.3, -0.25) is 0 Å². The van der Waals surface area contributed by atoms with Gasteiger partial charge in [0.05, 0.1) is 7.11 Å². The van der Waals surface area contributed by atoms with Gasteiger partial charge in [-0.15, -0.1) is 0 Å². The maximum absolute atomic E-state index is 5.69. The van der Waals surface area contributed by atoms with Crippen LogP contribution in [0.25, 0.3) is 0 Å². The van der Waals surface area contributed by atoms with Crippen LogP contribution in [0.1, 0.15) is 17.0 Å². The monoisotopic (exact) mass is 248 g/mol. The Kier molecular flexibility index (Phi) is 3.84. The zero-order chi connectivity index (χ0) is 13.0. The molecule has 5 heteroatoms. The lowest BCUT2D eigenvalue weighted by Gasteiger charge is -2.10. The maximum atomic E-state index is 5.69. The van der Waals surface area contributed by atoms with Crippen LogP contribution in [0.3, 0.4) is 0 Å². The number of methoxy groups -OCH3 is 1. The number of benzene rings is 1. The van der Waals surface area contributed by atoms with E-state index in [1.54, 1.807) is 7.11 Å². The lowest BCUT2D eigenvalue weighted by atomic mass is 10.2. The van der Waals surface area contributed by atoms with Crippen molar-refractivity contribution in [1.82, 2.24) is 5.16 Å². The van der Waals surface area contributed by atoms with E-state index in [9.17, 15) is 0 Å². The normalized spacial score (nSPS) is 10.4. The first-order valence-electron chi connectivity index (χ1n) is 5.65. The molecule has 1 aromatic heterocycles. The molecule has 18 heavy (non-hydrogen) atoms. The first-order chi connectivity index (χ1) is 8.72. The fourth-order valence-electron chi connectivity index (χ4n) is 1.60. The highest BCUT2D eigenvalue weighted by Crippen LogP contribution is 2.25. The van der Waals surface area contributed by atoms with Crippen molar-refractivity contribution in [3.63, 3.8) is 0 Å². The number of nitrogens with two attached hydrogens (primary N) is 1. The number of rotatable bonds is 5. The highest BCUT2D eigenvalue weighted by atomic mass is 16.5. The van der Waals surface area contributed by atoms with E-state index in [0.717, 1.165) is 22.8 Å². The Morgan fingerprint density at radius 1 is 1.33 bits per heavy atom. The predicted octanol–water partition coefficient (Wildman–Crippen LogP) is 2.03. The van der Waals surface area contributed by atoms with Crippen LogP contribution < -0.4 is 15.2 Å². The molecule has 5 nitrogen and oxygen atoms in total. The second-order valence-electron chi connectivity index (χ2n) is 3.90. The van der Waals surface area contributed by atoms with Gasteiger partial charge in [0, 0.05) is 24.2 Å². The van der Waals surface area contributed by atoms with Gasteiger partial charge in [-0.25, -0.2) is 0 Å². The van der Waals surface area contributed by atoms with Gasteiger partial charge in [-0.05, 0) is 13.0 Å². The Morgan fingerprint density at radius 2 is 2.17 bits per heavy atom. The molecule has 0 amide bonds. The largest absolute Gasteiger partial charge is 0.497 e. The van der Waals surface area contributed by atoms with Crippen molar-refractivity contribution in [2.24, 2.45) is 5.73 Å². The zero-order valence-corrected chi connectivity index (χ0v) is 10.5. The van der Waals surface area contributed by atoms with Gasteiger partial charge >= 0.3 is 0 Å². The predicted molar refractivity (Wildman–Crippen MR) is 66.5 cm³/mol. The fourth-order valence-corrected chi connectivity index (χ4v) is 1.60. The summed E-state index contributed by atoms with van der Waals surface area (Å²) in [6.45, 7) is 2.60. The molecule has 0 atom stereocenters. The topological polar surface area (TPSA) is 70.5 Å². The second kappa shape index (κ2) is 5.55. The van der Waals surface area contributed by atoms with Gasteiger partial charge in [-0.1, -0.05) is 11.2 Å². The van der Waals surface area contributed by atoms with Gasteiger partial charge < -0.3 is 19.7 Å². The van der Waals surface area contributed by atoms with Gasteiger partial charge in [-0.2, -0.15) is 0 Å². The van der Waals surface area contributed by atoms with Crippen LogP contribution in [0.5, 0.6) is 11.5 Å². The van der Waals surface area contributed by atoms with Crippen molar-refractivity contribution < 1.29 is 14.0 Å². The van der Waals surface area contributed by atoms with E-state index in [0.29, 0.717) is 18.9 Å². The summed E-state index contributed by atoms with van der Waals surface area (Å²) >= 11 is 0. The van der Waals surface area contributed by atoms with Crippen LogP contribution >= 0.6 is 0 Å². The van der Waals surface area contributed by atoms with Crippen molar-refractivity contribution in [2.45, 2.75) is 20.1 Å². The molecule has 0 aliphatic heterocycles. The Labute approximate surface area is 105 Å². The van der Waals surface area contributed by atoms with Crippen molar-refractivity contribution in [1.29, 1.82) is 0 Å². The molecule has 0 aliphatic carbocycles. The van der Waals surface area contributed by atoms with Gasteiger partial charge in [0.25, 0.3) is 0 Å². The summed E-state index contributed by atoms with van der Waals surface area (Å²) in [5.41, 5.74) is 7.34. The Morgan fingerprint density at radius 3 is 2.78 bits per heavy atom. The number of hydrogen-bond acceptors (Lipinski definition) is 5. The summed E-state index contributed by atoms with van der Waals surface area (Å²) in [4.78, 5) is 0. The first kappa shape index (κ1) is 12.4. The molecule has 1 aromatic carbocycles. The molecule has 2 rings (SSSR count). The number of hydrogen-bond donors (Lipinski definition) is 1. The number of ether oxygens (including phenoxy) is 2. The van der Waals surface area contributed by atoms with Crippen molar-refractivity contribution >= 4 is 0 Å². The van der Waals surface area contributed by atoms with E-state index in [1.807, 2.05) is 31.2 Å². The molecule has 0 spiro atoms. The molecular weight excluding hydrogens is 232 g/mol. The summed E-state index contributed by atoms with van der Waals surface area (Å²) in [5, 5.41) is 3.87. The number of nitrogens with zero attached hydrogens (tertiary/aromatic N) is 1. The summed E-state index contributed by atoms with van der Waals surface area (Å²) in [5.74, 6) is 2.20. The minimum absolute atomic E-state index is 0.345. The van der Waals surface area contributed by atoms with Crippen molar-refractivity contribution in [3.05, 3.63) is 41.3 Å². The van der Waals surface area contributed by atoms with E-state index in [-0.39, 0.29) is 0 Å². The molecule has 0 bridgehead atoms. The van der Waals surface area contributed by atoms with E-state index in [2.05, 4.69) is 5.16 Å². The molecular formula is C13H16N2O3. The molecule has 0 fully saturated rings. The first-order valence-corrected chi connectivity index (χ1v) is 5.65. The summed E-state index contributed by atoms with van der Waals surface area (Å²) in [6, 6.07) is 7.40. The van der Waals surface area contributed by atoms with Crippen LogP contribution in [0.2, 0.25) is 0 Å². The molecule has 1 heterocycles. The number of aromatic nitrogens is 1. The fraction of sp³-hybridized carbons (Fsp3) is 0.308. The van der Waals surface area contributed by atoms with Crippen LogP contribution in [0, 0.1) is 6.92 Å². The zero-order valence-electron chi connectivity index (χ0n) is 10.5. The Hall–Kier alpha value is -2.01. The molecule has 96 valence electrons. The Bertz CT molecular complexity index is 523. The standard InChI is InChI=1S/C13H16N2O3/c1-9-5-11(15-18-9)8-17-13-6-12(16-2)4-3-10(13)7-14/h3-6H,7-8,14H2,1-2H3. The van der Waals surface area contributed by atoms with Crippen LogP contribution in [-0.4, -0.2) is 12.3 Å². The summed E-state index contributed by atoms with van der Waals surface area (Å²) in [6.07, 6.45) is 0. The highest BCUT2D eigenvalue weighted by Gasteiger charge is 2.07. The average molecular weight is 248 g/mol. The van der Waals surface area contributed by atoms with Crippen LogP contribution in [-0.2, 0) is 13.2 Å². The van der Waals surface area contributed by atoms with Crippen molar-refractivity contribution in [2.75, 3.05) is 7.11 Å². The summed E-state index contributed by atoms with van der Waals surface area (Å²) < 4.78 is 15.8. The lowest BCUT2D eigenvalue weighted by molar-refractivity contribution is 0.283. The van der Waals surface area contributed by atoms with E-state index in [1.165, 1.54) is 0 Å². The molecule has 0 saturated carbocycles. The SMILES string of the molecule is COc1ccc(CN)c(OCc2cc(C)on2)c1. The van der Waals surface area contributed by atoms with Gasteiger partial charge in [0.1, 0.15) is 29.6 Å². The van der Waals surface area contributed by atoms with Crippen molar-refractivity contribution in [3.8, 4) is 11.5 Å². The second-order valence-corrected chi connectivity index (χ2v) is 3.90. The average Bonchev–Trinajstić information content (AvgIpc) is 2.81. The van der Waals surface area contributed by atoms with Crippen LogP contribution in [0.4, 0.5) is 0 Å². The molecule has 0 saturated heterocycles. The quantitative estimate of drug-likeness (QED) is 0.876. The van der Waals surface area contributed by atoms with Crippen LogP contribution in [0.15, 0.2) is 28.8 Å². The molecule has 2 N–H and O–H groups in total. The van der Waals surface area contributed by atoms with E-state index < -0.39 is 0 Å². The number of aryl methyl sites for hydroxylation is 1. The maximum Gasteiger partial charge on any atom is 0.134 e. The highest BCUT2D eigenvalue weighted by molar-refractivity contribution is 5.40.